The lowest BCUT2D eigenvalue weighted by molar-refractivity contribution is 0.232. The van der Waals surface area contributed by atoms with Crippen molar-refractivity contribution in [2.75, 3.05) is 43.1 Å². The van der Waals surface area contributed by atoms with Crippen molar-refractivity contribution in [2.45, 2.75) is 31.2 Å². The highest BCUT2D eigenvalue weighted by molar-refractivity contribution is 7.99. The van der Waals surface area contributed by atoms with Crippen LogP contribution in [0.4, 0.5) is 10.8 Å². The van der Waals surface area contributed by atoms with E-state index in [0.29, 0.717) is 11.9 Å². The van der Waals surface area contributed by atoms with Gasteiger partial charge in [0.05, 0.1) is 4.90 Å². The van der Waals surface area contributed by atoms with E-state index in [2.05, 4.69) is 34.3 Å². The molecule has 2 heterocycles. The summed E-state index contributed by atoms with van der Waals surface area (Å²) in [6.07, 6.45) is 3.31. The number of hydrogen-bond acceptors (Lipinski definition) is 6. The third-order valence-electron chi connectivity index (χ3n) is 3.64. The number of thioether (sulfide) groups is 1. The van der Waals surface area contributed by atoms with E-state index < -0.39 is 0 Å². The second-order valence-electron chi connectivity index (χ2n) is 4.52. The van der Waals surface area contributed by atoms with Gasteiger partial charge in [0.1, 0.15) is 5.00 Å². The largest absolute Gasteiger partial charge is 0.382 e. The van der Waals surface area contributed by atoms with E-state index in [1.54, 1.807) is 11.8 Å². The molecule has 1 unspecified atom stereocenters. The van der Waals surface area contributed by atoms with E-state index in [9.17, 15) is 0 Å². The quantitative estimate of drug-likeness (QED) is 0.842. The standard InChI is InChI=1S/C12H22N4S2/c1-4-15(5-2)9-6-7-16(8-9)12-10(17-3)11(13)14-18-12/h9H,4-8H2,1-3H3,(H2,13,14). The highest BCUT2D eigenvalue weighted by atomic mass is 32.2. The Kier molecular flexibility index (Phi) is 4.75. The van der Waals surface area contributed by atoms with E-state index in [1.807, 2.05) is 0 Å². The highest BCUT2D eigenvalue weighted by Gasteiger charge is 2.29. The van der Waals surface area contributed by atoms with Crippen LogP contribution in [0.1, 0.15) is 20.3 Å². The van der Waals surface area contributed by atoms with Crippen LogP contribution in [-0.4, -0.2) is 47.8 Å². The van der Waals surface area contributed by atoms with Crippen LogP contribution in [0.15, 0.2) is 4.90 Å². The van der Waals surface area contributed by atoms with Gasteiger partial charge in [-0.2, -0.15) is 4.37 Å². The van der Waals surface area contributed by atoms with Crippen LogP contribution >= 0.6 is 23.3 Å². The van der Waals surface area contributed by atoms with E-state index in [0.717, 1.165) is 31.1 Å². The highest BCUT2D eigenvalue weighted by Crippen LogP contribution is 2.39. The summed E-state index contributed by atoms with van der Waals surface area (Å²) in [5, 5.41) is 1.26. The van der Waals surface area contributed by atoms with Crippen molar-refractivity contribution < 1.29 is 0 Å². The van der Waals surface area contributed by atoms with Gasteiger partial charge in [0.25, 0.3) is 0 Å². The van der Waals surface area contributed by atoms with Crippen LogP contribution < -0.4 is 10.6 Å². The molecule has 6 heteroatoms. The lowest BCUT2D eigenvalue weighted by Gasteiger charge is -2.26. The SMILES string of the molecule is CCN(CC)C1CCN(c2snc(N)c2SC)C1. The fourth-order valence-electron chi connectivity index (χ4n) is 2.64. The zero-order valence-electron chi connectivity index (χ0n) is 11.3. The Morgan fingerprint density at radius 1 is 1.50 bits per heavy atom. The van der Waals surface area contributed by atoms with E-state index in [4.69, 9.17) is 5.73 Å². The van der Waals surface area contributed by atoms with Crippen molar-refractivity contribution in [3.63, 3.8) is 0 Å². The Hall–Kier alpha value is -0.460. The number of anilines is 2. The van der Waals surface area contributed by atoms with Gasteiger partial charge in [0.2, 0.25) is 0 Å². The molecule has 2 N–H and O–H groups in total. The average Bonchev–Trinajstić information content (AvgIpc) is 2.97. The van der Waals surface area contributed by atoms with Gasteiger partial charge in [-0.15, -0.1) is 11.8 Å². The molecule has 0 aliphatic carbocycles. The minimum atomic E-state index is 0.679. The molecule has 0 spiro atoms. The second-order valence-corrected chi connectivity index (χ2v) is 6.08. The van der Waals surface area contributed by atoms with E-state index in [1.165, 1.54) is 23.0 Å². The number of nitrogens with two attached hydrogens (primary N) is 1. The third-order valence-corrected chi connectivity index (χ3v) is 5.50. The average molecular weight is 286 g/mol. The van der Waals surface area contributed by atoms with Crippen LogP contribution in [0.25, 0.3) is 0 Å². The summed E-state index contributed by atoms with van der Waals surface area (Å²) < 4.78 is 4.29. The molecule has 0 amide bonds. The molecule has 1 saturated heterocycles. The molecular formula is C12H22N4S2. The molecule has 2 rings (SSSR count). The zero-order chi connectivity index (χ0) is 13.1. The lowest BCUT2D eigenvalue weighted by Crippen LogP contribution is -2.37. The summed E-state index contributed by atoms with van der Waals surface area (Å²) >= 11 is 3.24. The monoisotopic (exact) mass is 286 g/mol. The first-order valence-corrected chi connectivity index (χ1v) is 8.49. The Morgan fingerprint density at radius 2 is 2.22 bits per heavy atom. The van der Waals surface area contributed by atoms with E-state index >= 15 is 0 Å². The smallest absolute Gasteiger partial charge is 0.153 e. The summed E-state index contributed by atoms with van der Waals surface area (Å²) in [6, 6.07) is 0.679. The molecule has 1 aromatic rings. The van der Waals surface area contributed by atoms with Crippen molar-refractivity contribution in [3.8, 4) is 0 Å². The van der Waals surface area contributed by atoms with E-state index in [-0.39, 0.29) is 0 Å². The molecule has 1 aromatic heterocycles. The molecule has 0 radical (unpaired) electrons. The number of nitrogens with zero attached hydrogens (tertiary/aromatic N) is 3. The van der Waals surface area contributed by atoms with Crippen molar-refractivity contribution in [1.82, 2.24) is 9.27 Å². The molecule has 102 valence electrons. The number of hydrogen-bond donors (Lipinski definition) is 1. The molecule has 18 heavy (non-hydrogen) atoms. The van der Waals surface area contributed by atoms with Crippen LogP contribution in [-0.2, 0) is 0 Å². The van der Waals surface area contributed by atoms with Gasteiger partial charge in [-0.25, -0.2) is 0 Å². The van der Waals surface area contributed by atoms with Gasteiger partial charge in [-0.1, -0.05) is 13.8 Å². The van der Waals surface area contributed by atoms with Crippen molar-refractivity contribution in [2.24, 2.45) is 0 Å². The van der Waals surface area contributed by atoms with Crippen LogP contribution in [0, 0.1) is 0 Å². The lowest BCUT2D eigenvalue weighted by atomic mass is 10.2. The minimum absolute atomic E-state index is 0.679. The van der Waals surface area contributed by atoms with Gasteiger partial charge in [0.15, 0.2) is 5.82 Å². The summed E-state index contributed by atoms with van der Waals surface area (Å²) in [5.74, 6) is 0.689. The molecule has 1 atom stereocenters. The Labute approximate surface area is 118 Å². The molecule has 1 fully saturated rings. The minimum Gasteiger partial charge on any atom is -0.382 e. The van der Waals surface area contributed by atoms with Crippen LogP contribution in [0.3, 0.4) is 0 Å². The second kappa shape index (κ2) is 6.12. The molecule has 1 aliphatic rings. The van der Waals surface area contributed by atoms with Crippen LogP contribution in [0.5, 0.6) is 0 Å². The third kappa shape index (κ3) is 2.60. The van der Waals surface area contributed by atoms with Gasteiger partial charge in [-0.3, -0.25) is 4.90 Å². The Balaban J connectivity index is 2.08. The predicted molar refractivity (Wildman–Crippen MR) is 81.8 cm³/mol. The van der Waals surface area contributed by atoms with Gasteiger partial charge in [-0.05, 0) is 37.3 Å². The summed E-state index contributed by atoms with van der Waals surface area (Å²) in [7, 11) is 0. The maximum absolute atomic E-state index is 5.91. The molecular weight excluding hydrogens is 264 g/mol. The topological polar surface area (TPSA) is 45.4 Å². The zero-order valence-corrected chi connectivity index (χ0v) is 13.0. The molecule has 1 aliphatic heterocycles. The molecule has 0 aromatic carbocycles. The van der Waals surface area contributed by atoms with Crippen LogP contribution in [0.2, 0.25) is 0 Å². The van der Waals surface area contributed by atoms with Crippen molar-refractivity contribution in [3.05, 3.63) is 0 Å². The fraction of sp³-hybridized carbons (Fsp3) is 0.750. The normalized spacial score (nSPS) is 20.0. The van der Waals surface area contributed by atoms with Crippen molar-refractivity contribution in [1.29, 1.82) is 0 Å². The summed E-state index contributed by atoms with van der Waals surface area (Å²) in [4.78, 5) is 6.15. The number of aromatic nitrogens is 1. The first-order valence-electron chi connectivity index (χ1n) is 6.49. The number of likely N-dealkylation sites (N-methyl/N-ethyl adjacent to an activating group) is 1. The summed E-state index contributed by atoms with van der Waals surface area (Å²) in [5.41, 5.74) is 5.91. The van der Waals surface area contributed by atoms with Gasteiger partial charge in [0, 0.05) is 19.1 Å². The maximum Gasteiger partial charge on any atom is 0.153 e. The number of nitrogen functional groups attached to an aromatic ring is 1. The van der Waals surface area contributed by atoms with Gasteiger partial charge < -0.3 is 10.6 Å². The fourth-order valence-corrected chi connectivity index (χ4v) is 4.37. The predicted octanol–water partition coefficient (Wildman–Crippen LogP) is 2.37. The molecule has 0 saturated carbocycles. The first-order chi connectivity index (χ1) is 8.71. The maximum atomic E-state index is 5.91. The van der Waals surface area contributed by atoms with Gasteiger partial charge >= 0.3 is 0 Å². The van der Waals surface area contributed by atoms with Crippen molar-refractivity contribution >= 4 is 34.1 Å². The Morgan fingerprint density at radius 3 is 2.83 bits per heavy atom. The Bertz CT molecular complexity index is 389. The first kappa shape index (κ1) is 14.0. The molecule has 4 nitrogen and oxygen atoms in total. The number of rotatable bonds is 5. The summed E-state index contributed by atoms with van der Waals surface area (Å²) in [6.45, 7) is 8.98. The molecule has 0 bridgehead atoms.